The van der Waals surface area contributed by atoms with Gasteiger partial charge in [0, 0.05) is 19.3 Å². The van der Waals surface area contributed by atoms with Gasteiger partial charge in [0.05, 0.1) is 23.8 Å². The van der Waals surface area contributed by atoms with Crippen LogP contribution < -0.4 is 5.43 Å². The topological polar surface area (TPSA) is 54.5 Å². The van der Waals surface area contributed by atoms with E-state index in [0.717, 1.165) is 0 Å². The number of morpholine rings is 1. The van der Waals surface area contributed by atoms with Gasteiger partial charge in [-0.05, 0) is 6.07 Å². The first-order chi connectivity index (χ1) is 8.16. The third-order valence-electron chi connectivity index (χ3n) is 2.33. The molecule has 2 heterocycles. The second-order valence-corrected chi connectivity index (χ2v) is 4.30. The molecule has 1 aliphatic rings. The van der Waals surface area contributed by atoms with Crippen LogP contribution in [0.5, 0.6) is 0 Å². The molecule has 17 heavy (non-hydrogen) atoms. The molecule has 0 radical (unpaired) electrons. The maximum absolute atomic E-state index is 11.8. The van der Waals surface area contributed by atoms with E-state index in [0.29, 0.717) is 31.9 Å². The lowest BCUT2D eigenvalue weighted by Gasteiger charge is -2.26. The number of pyridine rings is 1. The minimum absolute atomic E-state index is 0.189. The predicted molar refractivity (Wildman–Crippen MR) is 64.1 cm³/mol. The number of nitrogens with one attached hydrogen (secondary N) is 1. The number of hydrogen-bond acceptors (Lipinski definition) is 4. The first kappa shape index (κ1) is 12.6. The van der Waals surface area contributed by atoms with Crippen molar-refractivity contribution in [1.29, 1.82) is 0 Å². The Morgan fingerprint density at radius 2 is 2.12 bits per heavy atom. The minimum atomic E-state index is -0.252. The van der Waals surface area contributed by atoms with Gasteiger partial charge in [0.15, 0.2) is 0 Å². The lowest BCUT2D eigenvalue weighted by atomic mass is 10.3. The Morgan fingerprint density at radius 1 is 1.41 bits per heavy atom. The normalized spacial score (nSPS) is 16.8. The van der Waals surface area contributed by atoms with Crippen molar-refractivity contribution in [3.8, 4) is 0 Å². The zero-order valence-electron chi connectivity index (χ0n) is 8.95. The van der Waals surface area contributed by atoms with Gasteiger partial charge in [-0.25, -0.2) is 9.99 Å². The molecule has 1 saturated heterocycles. The van der Waals surface area contributed by atoms with Crippen molar-refractivity contribution in [3.05, 3.63) is 28.0 Å². The van der Waals surface area contributed by atoms with E-state index in [1.54, 1.807) is 5.01 Å². The predicted octanol–water partition coefficient (Wildman–Crippen LogP) is 1.37. The van der Waals surface area contributed by atoms with Crippen molar-refractivity contribution in [1.82, 2.24) is 15.4 Å². The van der Waals surface area contributed by atoms with Crippen molar-refractivity contribution in [2.24, 2.45) is 0 Å². The number of carbonyl (C=O) groups is 1. The summed E-state index contributed by atoms with van der Waals surface area (Å²) in [5.74, 6) is -0.252. The second-order valence-electron chi connectivity index (χ2n) is 3.54. The van der Waals surface area contributed by atoms with Gasteiger partial charge in [-0.2, -0.15) is 0 Å². The molecule has 1 N–H and O–H groups in total. The largest absolute Gasteiger partial charge is 0.379 e. The molecule has 2 rings (SSSR count). The zero-order valence-corrected chi connectivity index (χ0v) is 10.5. The van der Waals surface area contributed by atoms with E-state index >= 15 is 0 Å². The lowest BCUT2D eigenvalue weighted by molar-refractivity contribution is 0.0126. The number of amides is 1. The molecule has 0 bridgehead atoms. The molecule has 7 heteroatoms. The fourth-order valence-electron chi connectivity index (χ4n) is 1.43. The van der Waals surface area contributed by atoms with Gasteiger partial charge in [0.2, 0.25) is 0 Å². The van der Waals surface area contributed by atoms with Crippen LogP contribution in [0.4, 0.5) is 0 Å². The monoisotopic (exact) mass is 275 g/mol. The Morgan fingerprint density at radius 3 is 2.76 bits per heavy atom. The molecule has 0 saturated carbocycles. The van der Waals surface area contributed by atoms with Crippen molar-refractivity contribution in [3.63, 3.8) is 0 Å². The van der Waals surface area contributed by atoms with Gasteiger partial charge in [-0.15, -0.1) is 0 Å². The Hall–Kier alpha value is -0.880. The van der Waals surface area contributed by atoms with Crippen molar-refractivity contribution < 1.29 is 9.53 Å². The Labute approximate surface area is 109 Å². The number of hydrogen-bond donors (Lipinski definition) is 1. The van der Waals surface area contributed by atoms with E-state index in [-0.39, 0.29) is 16.1 Å². The van der Waals surface area contributed by atoms with Crippen LogP contribution in [-0.2, 0) is 4.74 Å². The van der Waals surface area contributed by atoms with Gasteiger partial charge in [0.25, 0.3) is 5.91 Å². The number of nitrogens with zero attached hydrogens (tertiary/aromatic N) is 2. The Kier molecular flexibility index (Phi) is 4.17. The van der Waals surface area contributed by atoms with Crippen LogP contribution in [0.15, 0.2) is 12.3 Å². The molecule has 0 unspecified atom stereocenters. The van der Waals surface area contributed by atoms with Gasteiger partial charge < -0.3 is 4.74 Å². The third kappa shape index (κ3) is 3.29. The number of hydrazine groups is 1. The lowest BCUT2D eigenvalue weighted by Crippen LogP contribution is -2.48. The standard InChI is InChI=1S/C10H11Cl2N3O2/c11-8-5-7(6-13-9(8)12)10(16)14-15-1-3-17-4-2-15/h5-6H,1-4H2,(H,14,16). The third-order valence-corrected chi connectivity index (χ3v) is 3.02. The van der Waals surface area contributed by atoms with Crippen LogP contribution in [-0.4, -0.2) is 42.2 Å². The quantitative estimate of drug-likeness (QED) is 0.829. The molecule has 0 spiro atoms. The number of carbonyl (C=O) groups excluding carboxylic acids is 1. The minimum Gasteiger partial charge on any atom is -0.379 e. The highest BCUT2D eigenvalue weighted by Gasteiger charge is 2.15. The fraction of sp³-hybridized carbons (Fsp3) is 0.400. The van der Waals surface area contributed by atoms with Crippen molar-refractivity contribution >= 4 is 29.1 Å². The zero-order chi connectivity index (χ0) is 12.3. The highest BCUT2D eigenvalue weighted by molar-refractivity contribution is 6.41. The molecule has 1 aromatic rings. The molecule has 1 aliphatic heterocycles. The fourth-order valence-corrected chi connectivity index (χ4v) is 1.70. The molecule has 1 amide bonds. The molecule has 0 aliphatic carbocycles. The summed E-state index contributed by atoms with van der Waals surface area (Å²) in [6, 6.07) is 1.49. The number of ether oxygens (including phenoxy) is 1. The van der Waals surface area contributed by atoms with E-state index in [1.165, 1.54) is 12.3 Å². The summed E-state index contributed by atoms with van der Waals surface area (Å²) in [5, 5.41) is 2.25. The molecular weight excluding hydrogens is 265 g/mol. The van der Waals surface area contributed by atoms with Crippen molar-refractivity contribution in [2.45, 2.75) is 0 Å². The molecule has 1 aromatic heterocycles. The molecule has 1 fully saturated rings. The number of aromatic nitrogens is 1. The van der Waals surface area contributed by atoms with Crippen LogP contribution in [0.25, 0.3) is 0 Å². The highest BCUT2D eigenvalue weighted by Crippen LogP contribution is 2.19. The summed E-state index contributed by atoms with van der Waals surface area (Å²) in [6.07, 6.45) is 1.39. The van der Waals surface area contributed by atoms with E-state index in [4.69, 9.17) is 27.9 Å². The Bertz CT molecular complexity index is 422. The maximum atomic E-state index is 11.8. The van der Waals surface area contributed by atoms with Crippen molar-refractivity contribution in [2.75, 3.05) is 26.3 Å². The highest BCUT2D eigenvalue weighted by atomic mass is 35.5. The van der Waals surface area contributed by atoms with Crippen LogP contribution in [0.3, 0.4) is 0 Å². The van der Waals surface area contributed by atoms with Gasteiger partial charge in [-0.3, -0.25) is 10.2 Å². The number of rotatable bonds is 2. The molecule has 0 aromatic carbocycles. The molecule has 0 atom stereocenters. The van der Waals surface area contributed by atoms with Crippen LogP contribution in [0.1, 0.15) is 10.4 Å². The van der Waals surface area contributed by atoms with Crippen LogP contribution in [0, 0.1) is 0 Å². The summed E-state index contributed by atoms with van der Waals surface area (Å²) in [5.41, 5.74) is 3.13. The molecule has 5 nitrogen and oxygen atoms in total. The van der Waals surface area contributed by atoms with Gasteiger partial charge in [-0.1, -0.05) is 23.2 Å². The van der Waals surface area contributed by atoms with E-state index < -0.39 is 0 Å². The average Bonchev–Trinajstić information content (AvgIpc) is 2.34. The summed E-state index contributed by atoms with van der Waals surface area (Å²) in [7, 11) is 0. The first-order valence-corrected chi connectivity index (χ1v) is 5.87. The molecular formula is C10H11Cl2N3O2. The van der Waals surface area contributed by atoms with E-state index in [9.17, 15) is 4.79 Å². The smallest absolute Gasteiger partial charge is 0.267 e. The Balaban J connectivity index is 2.01. The summed E-state index contributed by atoms with van der Waals surface area (Å²) in [6.45, 7) is 2.56. The van der Waals surface area contributed by atoms with Gasteiger partial charge >= 0.3 is 0 Å². The van der Waals surface area contributed by atoms with E-state index in [2.05, 4.69) is 10.4 Å². The second kappa shape index (κ2) is 5.64. The van der Waals surface area contributed by atoms with Gasteiger partial charge in [0.1, 0.15) is 5.15 Å². The van der Waals surface area contributed by atoms with E-state index in [1.807, 2.05) is 0 Å². The SMILES string of the molecule is O=C(NN1CCOCC1)c1cnc(Cl)c(Cl)c1. The average molecular weight is 276 g/mol. The first-order valence-electron chi connectivity index (χ1n) is 5.11. The number of halogens is 2. The summed E-state index contributed by atoms with van der Waals surface area (Å²) < 4.78 is 5.18. The maximum Gasteiger partial charge on any atom is 0.267 e. The van der Waals surface area contributed by atoms with Crippen LogP contribution in [0.2, 0.25) is 10.2 Å². The summed E-state index contributed by atoms with van der Waals surface area (Å²) >= 11 is 11.5. The summed E-state index contributed by atoms with van der Waals surface area (Å²) in [4.78, 5) is 15.7. The molecule has 92 valence electrons. The van der Waals surface area contributed by atoms with Crippen LogP contribution >= 0.6 is 23.2 Å².